The van der Waals surface area contributed by atoms with Gasteiger partial charge in [-0.05, 0) is 42.7 Å². The predicted octanol–water partition coefficient (Wildman–Crippen LogP) is 2.36. The number of aliphatic carboxylic acids is 1. The summed E-state index contributed by atoms with van der Waals surface area (Å²) in [5.41, 5.74) is 1.29. The summed E-state index contributed by atoms with van der Waals surface area (Å²) >= 11 is 0. The van der Waals surface area contributed by atoms with E-state index >= 15 is 0 Å². The van der Waals surface area contributed by atoms with E-state index in [1.165, 1.54) is 0 Å². The first-order valence-electron chi connectivity index (χ1n) is 6.53. The Hall–Kier alpha value is -1.35. The number of carbonyl (C=O) groups is 1. The maximum atomic E-state index is 11.8. The van der Waals surface area contributed by atoms with Crippen molar-refractivity contribution in [3.8, 4) is 0 Å². The molecule has 2 atom stereocenters. The molecule has 0 heterocycles. The fourth-order valence-electron chi connectivity index (χ4n) is 3.10. The molecule has 0 aromatic heterocycles. The highest BCUT2D eigenvalue weighted by Gasteiger charge is 2.44. The number of hydrogen-bond donors (Lipinski definition) is 2. The Morgan fingerprint density at radius 3 is 2.83 bits per heavy atom. The predicted molar refractivity (Wildman–Crippen MR) is 69.6 cm³/mol. The first-order chi connectivity index (χ1) is 8.60. The summed E-state index contributed by atoms with van der Waals surface area (Å²) in [5.74, 6) is -0.748. The lowest BCUT2D eigenvalue weighted by Crippen LogP contribution is -2.41. The Kier molecular flexibility index (Phi) is 3.71. The minimum Gasteiger partial charge on any atom is -0.481 e. The van der Waals surface area contributed by atoms with Crippen molar-refractivity contribution >= 4 is 5.97 Å². The number of aliphatic hydroxyl groups excluding tert-OH is 1. The van der Waals surface area contributed by atoms with Gasteiger partial charge >= 0.3 is 5.97 Å². The van der Waals surface area contributed by atoms with Crippen LogP contribution in [-0.4, -0.2) is 22.8 Å². The average molecular weight is 248 g/mol. The number of rotatable bonds is 4. The number of aryl methyl sites for hydroxylation is 1. The van der Waals surface area contributed by atoms with Crippen LogP contribution in [-0.2, 0) is 16.6 Å². The highest BCUT2D eigenvalue weighted by atomic mass is 16.4. The summed E-state index contributed by atoms with van der Waals surface area (Å²) < 4.78 is 0. The van der Waals surface area contributed by atoms with E-state index in [4.69, 9.17) is 0 Å². The SMILES string of the molecule is CC(CO)CC1(C(=O)O)CCCc2ccccc21. The van der Waals surface area contributed by atoms with Gasteiger partial charge < -0.3 is 10.2 Å². The summed E-state index contributed by atoms with van der Waals surface area (Å²) in [6.45, 7) is 1.94. The molecule has 0 bridgehead atoms. The minimum absolute atomic E-state index is 0.00672. The van der Waals surface area contributed by atoms with Crippen molar-refractivity contribution in [1.82, 2.24) is 0 Å². The maximum Gasteiger partial charge on any atom is 0.314 e. The van der Waals surface area contributed by atoms with E-state index in [1.54, 1.807) is 0 Å². The normalized spacial score (nSPS) is 24.3. The molecule has 2 N–H and O–H groups in total. The zero-order chi connectivity index (χ0) is 13.2. The molecule has 0 amide bonds. The van der Waals surface area contributed by atoms with Crippen molar-refractivity contribution in [3.05, 3.63) is 35.4 Å². The van der Waals surface area contributed by atoms with Gasteiger partial charge in [0, 0.05) is 6.61 Å². The number of hydrogen-bond acceptors (Lipinski definition) is 2. The van der Waals surface area contributed by atoms with Gasteiger partial charge in [0.2, 0.25) is 0 Å². The maximum absolute atomic E-state index is 11.8. The minimum atomic E-state index is -0.809. The van der Waals surface area contributed by atoms with Crippen molar-refractivity contribution < 1.29 is 15.0 Å². The Bertz CT molecular complexity index is 441. The monoisotopic (exact) mass is 248 g/mol. The zero-order valence-electron chi connectivity index (χ0n) is 10.7. The number of carboxylic acids is 1. The molecular formula is C15H20O3. The lowest BCUT2D eigenvalue weighted by atomic mass is 9.66. The van der Waals surface area contributed by atoms with Gasteiger partial charge in [0.05, 0.1) is 5.41 Å². The van der Waals surface area contributed by atoms with E-state index < -0.39 is 11.4 Å². The van der Waals surface area contributed by atoms with E-state index in [1.807, 2.05) is 31.2 Å². The topological polar surface area (TPSA) is 57.5 Å². The molecule has 1 aliphatic carbocycles. The van der Waals surface area contributed by atoms with Gasteiger partial charge in [-0.2, -0.15) is 0 Å². The molecule has 18 heavy (non-hydrogen) atoms. The molecular weight excluding hydrogens is 228 g/mol. The van der Waals surface area contributed by atoms with Crippen molar-refractivity contribution in [3.63, 3.8) is 0 Å². The van der Waals surface area contributed by atoms with Gasteiger partial charge in [-0.3, -0.25) is 4.79 Å². The molecule has 2 unspecified atom stereocenters. The van der Waals surface area contributed by atoms with Crippen LogP contribution in [0.15, 0.2) is 24.3 Å². The number of fused-ring (bicyclic) bond motifs is 1. The van der Waals surface area contributed by atoms with Crippen LogP contribution in [0.5, 0.6) is 0 Å². The van der Waals surface area contributed by atoms with E-state index in [0.29, 0.717) is 12.8 Å². The van der Waals surface area contributed by atoms with Crippen molar-refractivity contribution in [2.45, 2.75) is 38.0 Å². The third-order valence-electron chi connectivity index (χ3n) is 4.00. The Morgan fingerprint density at radius 2 is 2.17 bits per heavy atom. The molecule has 0 spiro atoms. The van der Waals surface area contributed by atoms with Crippen LogP contribution >= 0.6 is 0 Å². The van der Waals surface area contributed by atoms with E-state index in [9.17, 15) is 15.0 Å². The molecule has 1 aromatic rings. The van der Waals surface area contributed by atoms with E-state index in [2.05, 4.69) is 0 Å². The third-order valence-corrected chi connectivity index (χ3v) is 4.00. The molecule has 2 rings (SSSR count). The van der Waals surface area contributed by atoms with Crippen LogP contribution in [0.4, 0.5) is 0 Å². The fraction of sp³-hybridized carbons (Fsp3) is 0.533. The van der Waals surface area contributed by atoms with Crippen LogP contribution in [0.25, 0.3) is 0 Å². The quantitative estimate of drug-likeness (QED) is 0.860. The van der Waals surface area contributed by atoms with Crippen LogP contribution in [0.1, 0.15) is 37.3 Å². The highest BCUT2D eigenvalue weighted by Crippen LogP contribution is 2.42. The zero-order valence-corrected chi connectivity index (χ0v) is 10.7. The molecule has 0 fully saturated rings. The molecule has 0 saturated heterocycles. The van der Waals surface area contributed by atoms with Gasteiger partial charge in [-0.1, -0.05) is 31.2 Å². The Labute approximate surface area is 107 Å². The summed E-state index contributed by atoms with van der Waals surface area (Å²) in [7, 11) is 0. The second-order valence-corrected chi connectivity index (χ2v) is 5.39. The molecule has 1 aromatic carbocycles. The highest BCUT2D eigenvalue weighted by molar-refractivity contribution is 5.82. The molecule has 0 saturated carbocycles. The number of carboxylic acid groups (broad SMARTS) is 1. The summed E-state index contributed by atoms with van der Waals surface area (Å²) in [6, 6.07) is 7.83. The first kappa shape index (κ1) is 13.1. The molecule has 3 heteroatoms. The van der Waals surface area contributed by atoms with Crippen LogP contribution in [0.2, 0.25) is 0 Å². The summed E-state index contributed by atoms with van der Waals surface area (Å²) in [4.78, 5) is 11.8. The van der Waals surface area contributed by atoms with E-state index in [0.717, 1.165) is 24.0 Å². The second kappa shape index (κ2) is 5.11. The standard InChI is InChI=1S/C15H20O3/c1-11(10-16)9-15(14(17)18)8-4-6-12-5-2-3-7-13(12)15/h2-3,5,7,11,16H,4,6,8-10H2,1H3,(H,17,18). The molecule has 1 aliphatic rings. The number of aliphatic hydroxyl groups is 1. The van der Waals surface area contributed by atoms with Gasteiger partial charge in [0.1, 0.15) is 0 Å². The second-order valence-electron chi connectivity index (χ2n) is 5.39. The summed E-state index contributed by atoms with van der Waals surface area (Å²) in [5, 5.41) is 18.9. The van der Waals surface area contributed by atoms with Gasteiger partial charge in [-0.15, -0.1) is 0 Å². The van der Waals surface area contributed by atoms with E-state index in [-0.39, 0.29) is 12.5 Å². The average Bonchev–Trinajstić information content (AvgIpc) is 2.38. The van der Waals surface area contributed by atoms with Crippen molar-refractivity contribution in [2.24, 2.45) is 5.92 Å². The van der Waals surface area contributed by atoms with Crippen LogP contribution in [0.3, 0.4) is 0 Å². The van der Waals surface area contributed by atoms with Crippen molar-refractivity contribution in [2.75, 3.05) is 6.61 Å². The van der Waals surface area contributed by atoms with Crippen molar-refractivity contribution in [1.29, 1.82) is 0 Å². The lowest BCUT2D eigenvalue weighted by Gasteiger charge is -2.37. The molecule has 98 valence electrons. The molecule has 3 nitrogen and oxygen atoms in total. The van der Waals surface area contributed by atoms with Gasteiger partial charge in [-0.25, -0.2) is 0 Å². The largest absolute Gasteiger partial charge is 0.481 e. The Balaban J connectivity index is 2.46. The summed E-state index contributed by atoms with van der Waals surface area (Å²) in [6.07, 6.45) is 3.04. The molecule has 0 radical (unpaired) electrons. The number of benzene rings is 1. The fourth-order valence-corrected chi connectivity index (χ4v) is 3.10. The van der Waals surface area contributed by atoms with Crippen LogP contribution in [0, 0.1) is 5.92 Å². The molecule has 0 aliphatic heterocycles. The van der Waals surface area contributed by atoms with Gasteiger partial charge in [0.25, 0.3) is 0 Å². The first-order valence-corrected chi connectivity index (χ1v) is 6.53. The lowest BCUT2D eigenvalue weighted by molar-refractivity contribution is -0.145. The third kappa shape index (κ3) is 2.15. The van der Waals surface area contributed by atoms with Crippen LogP contribution < -0.4 is 0 Å². The smallest absolute Gasteiger partial charge is 0.314 e. The van der Waals surface area contributed by atoms with Gasteiger partial charge in [0.15, 0.2) is 0 Å². The Morgan fingerprint density at radius 1 is 1.44 bits per heavy atom.